The first-order chi connectivity index (χ1) is 7.99. The van der Waals surface area contributed by atoms with Gasteiger partial charge in [-0.1, -0.05) is 26.0 Å². The number of carbonyl (C=O) groups is 1. The fourth-order valence-corrected chi connectivity index (χ4v) is 2.12. The third kappa shape index (κ3) is 1.94. The SMILES string of the molecule is CC(C)(CN)c1ccc2c(c1)CC(=O)N2CN. The number of hydrogen-bond donors (Lipinski definition) is 2. The number of nitrogens with zero attached hydrogens (tertiary/aromatic N) is 1. The Morgan fingerprint density at radius 2 is 2.06 bits per heavy atom. The van der Waals surface area contributed by atoms with Crippen LogP contribution in [0.15, 0.2) is 18.2 Å². The zero-order valence-corrected chi connectivity index (χ0v) is 10.4. The van der Waals surface area contributed by atoms with Gasteiger partial charge in [0, 0.05) is 17.6 Å². The Morgan fingerprint density at radius 1 is 1.35 bits per heavy atom. The quantitative estimate of drug-likeness (QED) is 0.808. The third-order valence-electron chi connectivity index (χ3n) is 3.49. The maximum atomic E-state index is 11.7. The van der Waals surface area contributed by atoms with Gasteiger partial charge in [0.25, 0.3) is 0 Å². The van der Waals surface area contributed by atoms with Gasteiger partial charge in [-0.3, -0.25) is 9.69 Å². The summed E-state index contributed by atoms with van der Waals surface area (Å²) in [6.45, 7) is 5.03. The van der Waals surface area contributed by atoms with Crippen LogP contribution in [0.2, 0.25) is 0 Å². The number of anilines is 1. The molecule has 0 atom stereocenters. The van der Waals surface area contributed by atoms with Crippen LogP contribution in [0.1, 0.15) is 25.0 Å². The van der Waals surface area contributed by atoms with Gasteiger partial charge in [0.1, 0.15) is 0 Å². The zero-order chi connectivity index (χ0) is 12.6. The van der Waals surface area contributed by atoms with Gasteiger partial charge < -0.3 is 11.5 Å². The average molecular weight is 233 g/mol. The Morgan fingerprint density at radius 3 is 2.65 bits per heavy atom. The Labute approximate surface area is 102 Å². The molecule has 4 N–H and O–H groups in total. The molecule has 0 saturated heterocycles. The van der Waals surface area contributed by atoms with Crippen LogP contribution in [-0.4, -0.2) is 19.1 Å². The van der Waals surface area contributed by atoms with E-state index < -0.39 is 0 Å². The van der Waals surface area contributed by atoms with E-state index in [0.717, 1.165) is 11.3 Å². The molecule has 17 heavy (non-hydrogen) atoms. The van der Waals surface area contributed by atoms with E-state index in [-0.39, 0.29) is 18.0 Å². The number of amides is 1. The minimum absolute atomic E-state index is 0.0613. The van der Waals surface area contributed by atoms with Crippen molar-refractivity contribution in [2.75, 3.05) is 18.1 Å². The summed E-state index contributed by atoms with van der Waals surface area (Å²) in [5.74, 6) is 0.0743. The second-order valence-electron chi connectivity index (χ2n) is 5.11. The highest BCUT2D eigenvalue weighted by Crippen LogP contribution is 2.32. The lowest BCUT2D eigenvalue weighted by molar-refractivity contribution is -0.117. The molecule has 0 aromatic heterocycles. The van der Waals surface area contributed by atoms with Gasteiger partial charge in [0.2, 0.25) is 5.91 Å². The van der Waals surface area contributed by atoms with E-state index >= 15 is 0 Å². The van der Waals surface area contributed by atoms with Gasteiger partial charge in [-0.2, -0.15) is 0 Å². The number of rotatable bonds is 3. The normalized spacial score (nSPS) is 15.3. The monoisotopic (exact) mass is 233 g/mol. The van der Waals surface area contributed by atoms with Crippen molar-refractivity contribution in [1.29, 1.82) is 0 Å². The number of hydrogen-bond acceptors (Lipinski definition) is 3. The minimum atomic E-state index is -0.0613. The van der Waals surface area contributed by atoms with Crippen LogP contribution in [0, 0.1) is 0 Å². The van der Waals surface area contributed by atoms with Crippen molar-refractivity contribution < 1.29 is 4.79 Å². The summed E-state index contributed by atoms with van der Waals surface area (Å²) in [6, 6.07) is 6.09. The summed E-state index contributed by atoms with van der Waals surface area (Å²) >= 11 is 0. The molecule has 1 heterocycles. The van der Waals surface area contributed by atoms with Crippen LogP contribution in [0.4, 0.5) is 5.69 Å². The van der Waals surface area contributed by atoms with E-state index in [9.17, 15) is 4.79 Å². The fourth-order valence-electron chi connectivity index (χ4n) is 2.12. The van der Waals surface area contributed by atoms with Crippen LogP contribution < -0.4 is 16.4 Å². The molecule has 1 aromatic carbocycles. The van der Waals surface area contributed by atoms with Crippen molar-refractivity contribution in [2.45, 2.75) is 25.7 Å². The second-order valence-corrected chi connectivity index (χ2v) is 5.11. The van der Waals surface area contributed by atoms with E-state index in [1.165, 1.54) is 5.56 Å². The van der Waals surface area contributed by atoms with E-state index in [0.29, 0.717) is 13.0 Å². The highest BCUT2D eigenvalue weighted by Gasteiger charge is 2.28. The lowest BCUT2D eigenvalue weighted by Crippen LogP contribution is -2.32. The molecular weight excluding hydrogens is 214 g/mol. The number of nitrogens with two attached hydrogens (primary N) is 2. The van der Waals surface area contributed by atoms with Crippen LogP contribution in [0.25, 0.3) is 0 Å². The molecular formula is C13H19N3O. The Balaban J connectivity index is 2.41. The summed E-state index contributed by atoms with van der Waals surface area (Å²) in [7, 11) is 0. The molecule has 1 amide bonds. The molecule has 2 rings (SSSR count). The highest BCUT2D eigenvalue weighted by molar-refractivity contribution is 6.01. The molecule has 0 bridgehead atoms. The summed E-state index contributed by atoms with van der Waals surface area (Å²) in [5, 5.41) is 0. The zero-order valence-electron chi connectivity index (χ0n) is 10.4. The summed E-state index contributed by atoms with van der Waals surface area (Å²) in [5.41, 5.74) is 14.4. The van der Waals surface area contributed by atoms with E-state index in [1.807, 2.05) is 12.1 Å². The van der Waals surface area contributed by atoms with Gasteiger partial charge in [0.15, 0.2) is 0 Å². The molecule has 0 unspecified atom stereocenters. The number of fused-ring (bicyclic) bond motifs is 1. The molecule has 4 heteroatoms. The summed E-state index contributed by atoms with van der Waals surface area (Å²) < 4.78 is 0. The second kappa shape index (κ2) is 4.13. The fraction of sp³-hybridized carbons (Fsp3) is 0.462. The van der Waals surface area contributed by atoms with Gasteiger partial charge in [-0.15, -0.1) is 0 Å². The molecule has 1 aromatic rings. The molecule has 0 aliphatic carbocycles. The average Bonchev–Trinajstić information content (AvgIpc) is 2.63. The van der Waals surface area contributed by atoms with Crippen LogP contribution in [0.3, 0.4) is 0 Å². The number of benzene rings is 1. The molecule has 1 aliphatic heterocycles. The van der Waals surface area contributed by atoms with Crippen LogP contribution >= 0.6 is 0 Å². The molecule has 92 valence electrons. The summed E-state index contributed by atoms with van der Waals surface area (Å²) in [4.78, 5) is 13.3. The Kier molecular flexibility index (Phi) is 2.93. The standard InChI is InChI=1S/C13H19N3O/c1-13(2,7-14)10-3-4-11-9(5-10)6-12(17)16(11)8-15/h3-5H,6-8,14-15H2,1-2H3. The summed E-state index contributed by atoms with van der Waals surface area (Å²) in [6.07, 6.45) is 0.445. The largest absolute Gasteiger partial charge is 0.330 e. The van der Waals surface area contributed by atoms with Gasteiger partial charge in [-0.05, 0) is 17.2 Å². The lowest BCUT2D eigenvalue weighted by atomic mass is 9.84. The molecule has 0 radical (unpaired) electrons. The van der Waals surface area contributed by atoms with E-state index in [4.69, 9.17) is 11.5 Å². The van der Waals surface area contributed by atoms with E-state index in [2.05, 4.69) is 19.9 Å². The highest BCUT2D eigenvalue weighted by atomic mass is 16.2. The predicted molar refractivity (Wildman–Crippen MR) is 68.8 cm³/mol. The predicted octanol–water partition coefficient (Wildman–Crippen LogP) is 0.728. The van der Waals surface area contributed by atoms with Crippen LogP contribution in [-0.2, 0) is 16.6 Å². The first-order valence-electron chi connectivity index (χ1n) is 5.83. The maximum absolute atomic E-state index is 11.7. The van der Waals surface area contributed by atoms with Crippen molar-refractivity contribution >= 4 is 11.6 Å². The number of carbonyl (C=O) groups excluding carboxylic acids is 1. The first kappa shape index (κ1) is 12.1. The molecule has 0 spiro atoms. The van der Waals surface area contributed by atoms with Gasteiger partial charge in [0.05, 0.1) is 13.1 Å². The lowest BCUT2D eigenvalue weighted by Gasteiger charge is -2.24. The topological polar surface area (TPSA) is 72.4 Å². The Hall–Kier alpha value is -1.39. The van der Waals surface area contributed by atoms with Crippen molar-refractivity contribution in [1.82, 2.24) is 0 Å². The van der Waals surface area contributed by atoms with Crippen molar-refractivity contribution in [3.8, 4) is 0 Å². The molecule has 0 fully saturated rings. The first-order valence-corrected chi connectivity index (χ1v) is 5.83. The molecule has 4 nitrogen and oxygen atoms in total. The third-order valence-corrected chi connectivity index (χ3v) is 3.49. The maximum Gasteiger partial charge on any atom is 0.232 e. The molecule has 1 aliphatic rings. The van der Waals surface area contributed by atoms with Crippen molar-refractivity contribution in [2.24, 2.45) is 11.5 Å². The van der Waals surface area contributed by atoms with Gasteiger partial charge >= 0.3 is 0 Å². The Bertz CT molecular complexity index is 454. The van der Waals surface area contributed by atoms with Gasteiger partial charge in [-0.25, -0.2) is 0 Å². The minimum Gasteiger partial charge on any atom is -0.330 e. The van der Waals surface area contributed by atoms with Crippen molar-refractivity contribution in [3.05, 3.63) is 29.3 Å². The molecule has 0 saturated carbocycles. The van der Waals surface area contributed by atoms with Crippen LogP contribution in [0.5, 0.6) is 0 Å². The van der Waals surface area contributed by atoms with Crippen molar-refractivity contribution in [3.63, 3.8) is 0 Å². The van der Waals surface area contributed by atoms with E-state index in [1.54, 1.807) is 4.90 Å². The smallest absolute Gasteiger partial charge is 0.232 e.